The molecule has 6 nitrogen and oxygen atoms in total. The SMILES string of the molecule is Cc1ccc([S+]([O-])CC(=O)[C@@H]2CCCN2C(=O)[C@H]2CCCN2C(=O)CCc2ccccc2)cc1. The Morgan fingerprint density at radius 3 is 2.26 bits per heavy atom. The number of carbonyl (C=O) groups is 3. The molecule has 1 unspecified atom stereocenters. The predicted molar refractivity (Wildman–Crippen MR) is 132 cm³/mol. The minimum Gasteiger partial charge on any atom is -0.611 e. The number of likely N-dealkylation sites (tertiary alicyclic amines) is 2. The quantitative estimate of drug-likeness (QED) is 0.543. The fourth-order valence-electron chi connectivity index (χ4n) is 4.92. The number of aryl methyl sites for hydroxylation is 2. The molecule has 2 aromatic carbocycles. The van der Waals surface area contributed by atoms with E-state index >= 15 is 0 Å². The minimum absolute atomic E-state index is 0.0118. The Morgan fingerprint density at radius 2 is 1.56 bits per heavy atom. The summed E-state index contributed by atoms with van der Waals surface area (Å²) in [5.74, 6) is -0.406. The van der Waals surface area contributed by atoms with Crippen LogP contribution in [0.5, 0.6) is 0 Å². The van der Waals surface area contributed by atoms with Gasteiger partial charge in [0, 0.05) is 19.5 Å². The van der Waals surface area contributed by atoms with Crippen LogP contribution in [-0.2, 0) is 32.0 Å². The Balaban J connectivity index is 1.37. The van der Waals surface area contributed by atoms with Crippen molar-refractivity contribution < 1.29 is 18.9 Å². The lowest BCUT2D eigenvalue weighted by Crippen LogP contribution is -2.51. The van der Waals surface area contributed by atoms with E-state index in [9.17, 15) is 18.9 Å². The summed E-state index contributed by atoms with van der Waals surface area (Å²) in [6, 6.07) is 16.1. The largest absolute Gasteiger partial charge is 0.611 e. The maximum Gasteiger partial charge on any atom is 0.245 e. The molecule has 0 saturated carbocycles. The smallest absolute Gasteiger partial charge is 0.245 e. The second-order valence-corrected chi connectivity index (χ2v) is 10.6. The molecule has 4 rings (SSSR count). The molecule has 3 atom stereocenters. The zero-order valence-corrected chi connectivity index (χ0v) is 20.5. The summed E-state index contributed by atoms with van der Waals surface area (Å²) in [6.07, 6.45) is 3.76. The van der Waals surface area contributed by atoms with Gasteiger partial charge in [-0.05, 0) is 67.9 Å². The maximum atomic E-state index is 13.4. The first-order chi connectivity index (χ1) is 16.4. The fourth-order valence-corrected chi connectivity index (χ4v) is 5.97. The van der Waals surface area contributed by atoms with E-state index in [0.29, 0.717) is 43.7 Å². The number of amides is 2. The van der Waals surface area contributed by atoms with Gasteiger partial charge in [0.2, 0.25) is 17.6 Å². The van der Waals surface area contributed by atoms with Crippen LogP contribution in [0.2, 0.25) is 0 Å². The first kappa shape index (κ1) is 24.5. The number of carbonyl (C=O) groups excluding carboxylic acids is 3. The van der Waals surface area contributed by atoms with Gasteiger partial charge in [-0.2, -0.15) is 0 Å². The van der Waals surface area contributed by atoms with Crippen molar-refractivity contribution in [2.24, 2.45) is 0 Å². The summed E-state index contributed by atoms with van der Waals surface area (Å²) in [6.45, 7) is 3.04. The second kappa shape index (κ2) is 11.2. The van der Waals surface area contributed by atoms with Crippen LogP contribution in [0.1, 0.15) is 43.2 Å². The Kier molecular flexibility index (Phi) is 8.06. The molecule has 0 N–H and O–H groups in total. The second-order valence-electron chi connectivity index (χ2n) is 9.19. The number of hydrogen-bond acceptors (Lipinski definition) is 4. The normalized spacial score (nSPS) is 21.0. The van der Waals surface area contributed by atoms with E-state index in [1.54, 1.807) is 21.9 Å². The molecule has 0 spiro atoms. The highest BCUT2D eigenvalue weighted by molar-refractivity contribution is 7.92. The third-order valence-corrected chi connectivity index (χ3v) is 8.14. The van der Waals surface area contributed by atoms with Gasteiger partial charge in [-0.1, -0.05) is 48.0 Å². The molecule has 2 fully saturated rings. The lowest BCUT2D eigenvalue weighted by Gasteiger charge is -2.31. The molecule has 2 heterocycles. The van der Waals surface area contributed by atoms with Crippen LogP contribution >= 0.6 is 0 Å². The van der Waals surface area contributed by atoms with E-state index in [0.717, 1.165) is 24.0 Å². The molecular formula is C27H32N2O4S. The van der Waals surface area contributed by atoms with Crippen LogP contribution in [0.4, 0.5) is 0 Å². The van der Waals surface area contributed by atoms with Crippen LogP contribution in [0.15, 0.2) is 59.5 Å². The van der Waals surface area contributed by atoms with Gasteiger partial charge < -0.3 is 14.4 Å². The highest BCUT2D eigenvalue weighted by Gasteiger charge is 2.42. The molecule has 2 amide bonds. The summed E-state index contributed by atoms with van der Waals surface area (Å²) < 4.78 is 12.7. The van der Waals surface area contributed by atoms with Crippen molar-refractivity contribution in [1.82, 2.24) is 9.80 Å². The standard InChI is InChI=1S/C27H32N2O4S/c1-20-11-14-22(15-12-20)34(33)19-25(30)23-9-5-18-29(23)27(32)24-10-6-17-28(24)26(31)16-13-21-7-3-2-4-8-21/h2-4,7-8,11-12,14-15,23-24H,5-6,9-10,13,16-19H2,1H3/t23-,24+,34?/m0/s1. The van der Waals surface area contributed by atoms with Crippen LogP contribution in [0.3, 0.4) is 0 Å². The van der Waals surface area contributed by atoms with Crippen molar-refractivity contribution in [3.05, 3.63) is 65.7 Å². The Labute approximate surface area is 204 Å². The molecule has 0 radical (unpaired) electrons. The van der Waals surface area contributed by atoms with E-state index in [-0.39, 0.29) is 23.4 Å². The third kappa shape index (κ3) is 5.70. The van der Waals surface area contributed by atoms with Crippen molar-refractivity contribution in [3.8, 4) is 0 Å². The van der Waals surface area contributed by atoms with Crippen molar-refractivity contribution in [1.29, 1.82) is 0 Å². The molecule has 2 saturated heterocycles. The molecule has 0 aliphatic carbocycles. The number of benzene rings is 2. The number of Topliss-reactive ketones (excluding diaryl/α,β-unsaturated/α-hetero) is 1. The maximum absolute atomic E-state index is 13.4. The van der Waals surface area contributed by atoms with Crippen molar-refractivity contribution in [3.63, 3.8) is 0 Å². The number of rotatable bonds is 8. The van der Waals surface area contributed by atoms with Gasteiger partial charge in [0.05, 0.1) is 6.04 Å². The highest BCUT2D eigenvalue weighted by Crippen LogP contribution is 2.27. The van der Waals surface area contributed by atoms with Crippen molar-refractivity contribution in [2.45, 2.75) is 62.4 Å². The third-order valence-electron chi connectivity index (χ3n) is 6.79. The number of nitrogens with zero attached hydrogens (tertiary/aromatic N) is 2. The number of hydrogen-bond donors (Lipinski definition) is 0. The van der Waals surface area contributed by atoms with Crippen LogP contribution in [-0.4, -0.2) is 62.9 Å². The lowest BCUT2D eigenvalue weighted by molar-refractivity contribution is -0.146. The van der Waals surface area contributed by atoms with Gasteiger partial charge >= 0.3 is 0 Å². The van der Waals surface area contributed by atoms with E-state index in [1.807, 2.05) is 49.4 Å². The molecule has 180 valence electrons. The zero-order valence-electron chi connectivity index (χ0n) is 19.7. The Bertz CT molecular complexity index is 1010. The van der Waals surface area contributed by atoms with Gasteiger partial charge in [0.1, 0.15) is 6.04 Å². The Hall–Kier alpha value is -2.64. The summed E-state index contributed by atoms with van der Waals surface area (Å²) in [4.78, 5) is 43.4. The van der Waals surface area contributed by atoms with Gasteiger partial charge in [-0.15, -0.1) is 0 Å². The molecule has 34 heavy (non-hydrogen) atoms. The average Bonchev–Trinajstić information content (AvgIpc) is 3.53. The van der Waals surface area contributed by atoms with Gasteiger partial charge in [-0.25, -0.2) is 0 Å². The molecule has 2 aliphatic rings. The first-order valence-electron chi connectivity index (χ1n) is 12.1. The topological polar surface area (TPSA) is 80.8 Å². The van der Waals surface area contributed by atoms with E-state index < -0.39 is 23.3 Å². The molecule has 2 aromatic rings. The van der Waals surface area contributed by atoms with Gasteiger partial charge in [-0.3, -0.25) is 14.4 Å². The van der Waals surface area contributed by atoms with Crippen LogP contribution in [0.25, 0.3) is 0 Å². The molecule has 2 aliphatic heterocycles. The monoisotopic (exact) mass is 480 g/mol. The van der Waals surface area contributed by atoms with Crippen molar-refractivity contribution in [2.75, 3.05) is 18.8 Å². The van der Waals surface area contributed by atoms with Crippen LogP contribution < -0.4 is 0 Å². The fraction of sp³-hybridized carbons (Fsp3) is 0.444. The lowest BCUT2D eigenvalue weighted by atomic mass is 10.1. The number of ketones is 1. The summed E-state index contributed by atoms with van der Waals surface area (Å²) >= 11 is -1.44. The zero-order chi connectivity index (χ0) is 24.1. The predicted octanol–water partition coefficient (Wildman–Crippen LogP) is 3.29. The van der Waals surface area contributed by atoms with Crippen LogP contribution in [0, 0.1) is 6.92 Å². The van der Waals surface area contributed by atoms with Gasteiger partial charge in [0.15, 0.2) is 10.6 Å². The van der Waals surface area contributed by atoms with Gasteiger partial charge in [0.25, 0.3) is 0 Å². The Morgan fingerprint density at radius 1 is 0.912 bits per heavy atom. The minimum atomic E-state index is -1.44. The summed E-state index contributed by atoms with van der Waals surface area (Å²) in [7, 11) is 0. The summed E-state index contributed by atoms with van der Waals surface area (Å²) in [5.41, 5.74) is 2.17. The first-order valence-corrected chi connectivity index (χ1v) is 13.4. The molecule has 0 bridgehead atoms. The summed E-state index contributed by atoms with van der Waals surface area (Å²) in [5, 5.41) is 0. The molecule has 7 heteroatoms. The van der Waals surface area contributed by atoms with Crippen molar-refractivity contribution >= 4 is 28.8 Å². The average molecular weight is 481 g/mol. The highest BCUT2D eigenvalue weighted by atomic mass is 32.2. The van der Waals surface area contributed by atoms with E-state index in [1.165, 1.54) is 0 Å². The molecule has 0 aromatic heterocycles. The molecular weight excluding hydrogens is 448 g/mol. The van der Waals surface area contributed by atoms with E-state index in [2.05, 4.69) is 0 Å². The van der Waals surface area contributed by atoms with E-state index in [4.69, 9.17) is 0 Å².